The van der Waals surface area contributed by atoms with Crippen molar-refractivity contribution < 1.29 is 28.3 Å². The average molecular weight is 407 g/mol. The number of amides is 1. The predicted molar refractivity (Wildman–Crippen MR) is 99.8 cm³/mol. The van der Waals surface area contributed by atoms with Crippen molar-refractivity contribution in [1.29, 1.82) is 0 Å². The minimum absolute atomic E-state index is 0.0292. The van der Waals surface area contributed by atoms with E-state index in [2.05, 4.69) is 0 Å². The molecule has 0 spiro atoms. The molecule has 1 heterocycles. The van der Waals surface area contributed by atoms with Crippen molar-refractivity contribution in [2.24, 2.45) is 0 Å². The molecule has 0 radical (unpaired) electrons. The highest BCUT2D eigenvalue weighted by Crippen LogP contribution is 2.21. The van der Waals surface area contributed by atoms with Crippen LogP contribution in [0.2, 0.25) is 0 Å². The Kier molecular flexibility index (Phi) is 6.35. The molecule has 1 saturated heterocycles. The van der Waals surface area contributed by atoms with Gasteiger partial charge in [0.05, 0.1) is 24.2 Å². The zero-order valence-electron chi connectivity index (χ0n) is 15.3. The lowest BCUT2D eigenvalue weighted by Crippen LogP contribution is -2.48. The van der Waals surface area contributed by atoms with Crippen LogP contribution in [0.15, 0.2) is 42.5 Å². The number of hydrogen-bond acceptors (Lipinski definition) is 5. The van der Waals surface area contributed by atoms with E-state index in [0.717, 1.165) is 17.0 Å². The third-order valence-electron chi connectivity index (χ3n) is 4.60. The monoisotopic (exact) mass is 407 g/mol. The molecule has 10 heteroatoms. The average Bonchev–Trinajstić information content (AvgIpc) is 2.69. The van der Waals surface area contributed by atoms with Crippen LogP contribution in [-0.4, -0.2) is 53.4 Å². The second kappa shape index (κ2) is 8.93. The van der Waals surface area contributed by atoms with Gasteiger partial charge in [-0.25, -0.2) is 13.6 Å². The Hall–Kier alpha value is -3.11. The Morgan fingerprint density at radius 2 is 1.97 bits per heavy atom. The van der Waals surface area contributed by atoms with Crippen LogP contribution in [0.1, 0.15) is 5.56 Å². The summed E-state index contributed by atoms with van der Waals surface area (Å²) in [6, 6.07) is 8.93. The van der Waals surface area contributed by atoms with Crippen LogP contribution in [-0.2, 0) is 11.3 Å². The van der Waals surface area contributed by atoms with Crippen LogP contribution in [0.3, 0.4) is 0 Å². The number of ether oxygens (including phenoxy) is 1. The van der Waals surface area contributed by atoms with Crippen LogP contribution >= 0.6 is 0 Å². The standard InChI is InChI=1S/C19H19F2N3O5/c20-17-6-1-13(9-18(17)21)10-22-7-8-29-16(11-22)12-23(19(25)26)14-2-4-15(5-3-14)24(27)28/h1-6,9,16H,7-8,10-12H2,(H,25,26)/t16-/m0/s1. The summed E-state index contributed by atoms with van der Waals surface area (Å²) in [4.78, 5) is 24.9. The molecule has 1 amide bonds. The number of carboxylic acid groups (broad SMARTS) is 1. The van der Waals surface area contributed by atoms with Crippen molar-refractivity contribution >= 4 is 17.5 Å². The maximum absolute atomic E-state index is 13.4. The molecule has 8 nitrogen and oxygen atoms in total. The van der Waals surface area contributed by atoms with Crippen molar-refractivity contribution in [3.8, 4) is 0 Å². The van der Waals surface area contributed by atoms with E-state index in [1.54, 1.807) is 0 Å². The van der Waals surface area contributed by atoms with E-state index in [0.29, 0.717) is 37.5 Å². The molecule has 1 fully saturated rings. The lowest BCUT2D eigenvalue weighted by molar-refractivity contribution is -0.384. The summed E-state index contributed by atoms with van der Waals surface area (Å²) < 4.78 is 32.2. The zero-order valence-corrected chi connectivity index (χ0v) is 15.3. The summed E-state index contributed by atoms with van der Waals surface area (Å²) in [5, 5.41) is 20.3. The number of carbonyl (C=O) groups is 1. The van der Waals surface area contributed by atoms with E-state index in [4.69, 9.17) is 4.74 Å². The van der Waals surface area contributed by atoms with Gasteiger partial charge in [-0.15, -0.1) is 0 Å². The van der Waals surface area contributed by atoms with Crippen LogP contribution in [0.25, 0.3) is 0 Å². The first-order chi connectivity index (χ1) is 13.8. The van der Waals surface area contributed by atoms with Gasteiger partial charge in [0.2, 0.25) is 0 Å². The van der Waals surface area contributed by atoms with E-state index in [9.17, 15) is 28.8 Å². The molecule has 1 aliphatic heterocycles. The molecular formula is C19H19F2N3O5. The number of hydrogen-bond donors (Lipinski definition) is 1. The van der Waals surface area contributed by atoms with Crippen molar-refractivity contribution in [2.45, 2.75) is 12.6 Å². The van der Waals surface area contributed by atoms with Gasteiger partial charge in [0.1, 0.15) is 0 Å². The minimum Gasteiger partial charge on any atom is -0.465 e. The number of anilines is 1. The lowest BCUT2D eigenvalue weighted by Gasteiger charge is -2.35. The minimum atomic E-state index is -1.21. The molecule has 1 aliphatic rings. The topological polar surface area (TPSA) is 96.2 Å². The van der Waals surface area contributed by atoms with Gasteiger partial charge in [0.25, 0.3) is 5.69 Å². The molecule has 3 rings (SSSR count). The maximum atomic E-state index is 13.4. The number of halogens is 2. The molecule has 154 valence electrons. The smallest absolute Gasteiger partial charge is 0.411 e. The van der Waals surface area contributed by atoms with Gasteiger partial charge in [-0.05, 0) is 29.8 Å². The number of non-ortho nitro benzene ring substituents is 1. The molecular weight excluding hydrogens is 388 g/mol. The van der Waals surface area contributed by atoms with Gasteiger partial charge >= 0.3 is 6.09 Å². The fraction of sp³-hybridized carbons (Fsp3) is 0.316. The van der Waals surface area contributed by atoms with E-state index >= 15 is 0 Å². The summed E-state index contributed by atoms with van der Waals surface area (Å²) in [5.41, 5.74) is 0.769. The van der Waals surface area contributed by atoms with E-state index in [-0.39, 0.29) is 12.2 Å². The molecule has 2 aromatic carbocycles. The normalized spacial score (nSPS) is 17.1. The molecule has 2 aromatic rings. The molecule has 1 N–H and O–H groups in total. The Labute approximate surface area is 165 Å². The predicted octanol–water partition coefficient (Wildman–Crippen LogP) is 3.26. The third-order valence-corrected chi connectivity index (χ3v) is 4.60. The second-order valence-electron chi connectivity index (χ2n) is 6.64. The number of morpholine rings is 1. The Morgan fingerprint density at radius 3 is 2.59 bits per heavy atom. The summed E-state index contributed by atoms with van der Waals surface area (Å²) >= 11 is 0. The van der Waals surface area contributed by atoms with Crippen LogP contribution in [0.4, 0.5) is 25.0 Å². The number of nitro benzene ring substituents is 1. The van der Waals surface area contributed by atoms with Gasteiger partial charge in [-0.1, -0.05) is 6.07 Å². The Bertz CT molecular complexity index is 894. The van der Waals surface area contributed by atoms with Crippen molar-refractivity contribution in [2.75, 3.05) is 31.1 Å². The highest BCUT2D eigenvalue weighted by molar-refractivity contribution is 5.86. The van der Waals surface area contributed by atoms with Crippen molar-refractivity contribution in [1.82, 2.24) is 4.90 Å². The first kappa shape index (κ1) is 20.6. The van der Waals surface area contributed by atoms with Gasteiger partial charge in [-0.2, -0.15) is 0 Å². The van der Waals surface area contributed by atoms with Gasteiger partial charge < -0.3 is 9.84 Å². The highest BCUT2D eigenvalue weighted by Gasteiger charge is 2.26. The molecule has 1 atom stereocenters. The number of benzene rings is 2. The van der Waals surface area contributed by atoms with Gasteiger partial charge in [-0.3, -0.25) is 19.9 Å². The number of rotatable bonds is 6. The lowest BCUT2D eigenvalue weighted by atomic mass is 10.1. The number of nitrogens with zero attached hydrogens (tertiary/aromatic N) is 3. The molecule has 29 heavy (non-hydrogen) atoms. The summed E-state index contributed by atoms with van der Waals surface area (Å²) in [5.74, 6) is -1.82. The summed E-state index contributed by atoms with van der Waals surface area (Å²) in [6.45, 7) is 1.74. The SMILES string of the molecule is O=C(O)N(C[C@@H]1CN(Cc2ccc(F)c(F)c2)CCO1)c1ccc([N+](=O)[O-])cc1. The largest absolute Gasteiger partial charge is 0.465 e. The van der Waals surface area contributed by atoms with Crippen molar-refractivity contribution in [3.05, 3.63) is 69.8 Å². The molecule has 0 saturated carbocycles. The summed E-state index contributed by atoms with van der Waals surface area (Å²) in [7, 11) is 0. The Balaban J connectivity index is 1.66. The maximum Gasteiger partial charge on any atom is 0.411 e. The van der Waals surface area contributed by atoms with Crippen LogP contribution in [0.5, 0.6) is 0 Å². The molecule has 0 aliphatic carbocycles. The summed E-state index contributed by atoms with van der Waals surface area (Å²) in [6.07, 6.45) is -1.65. The van der Waals surface area contributed by atoms with Crippen molar-refractivity contribution in [3.63, 3.8) is 0 Å². The molecule has 0 unspecified atom stereocenters. The molecule has 0 bridgehead atoms. The molecule has 0 aromatic heterocycles. The van der Waals surface area contributed by atoms with Gasteiger partial charge in [0.15, 0.2) is 11.6 Å². The second-order valence-corrected chi connectivity index (χ2v) is 6.64. The zero-order chi connectivity index (χ0) is 21.0. The van der Waals surface area contributed by atoms with E-state index in [1.165, 1.54) is 30.3 Å². The fourth-order valence-corrected chi connectivity index (χ4v) is 3.18. The third kappa shape index (κ3) is 5.24. The highest BCUT2D eigenvalue weighted by atomic mass is 19.2. The first-order valence-corrected chi connectivity index (χ1v) is 8.86. The quantitative estimate of drug-likeness (QED) is 0.583. The van der Waals surface area contributed by atoms with E-state index < -0.39 is 28.8 Å². The Morgan fingerprint density at radius 1 is 1.24 bits per heavy atom. The van der Waals surface area contributed by atoms with Gasteiger partial charge in [0, 0.05) is 37.5 Å². The van der Waals surface area contributed by atoms with Crippen LogP contribution < -0.4 is 4.90 Å². The fourth-order valence-electron chi connectivity index (χ4n) is 3.18. The first-order valence-electron chi connectivity index (χ1n) is 8.86. The van der Waals surface area contributed by atoms with E-state index in [1.807, 2.05) is 4.90 Å². The number of nitro groups is 1. The van der Waals surface area contributed by atoms with Crippen LogP contribution in [0, 0.1) is 21.7 Å².